The van der Waals surface area contributed by atoms with E-state index in [1.165, 1.54) is 17.4 Å². The summed E-state index contributed by atoms with van der Waals surface area (Å²) < 4.78 is 5.40. The van der Waals surface area contributed by atoms with Crippen LogP contribution in [0.3, 0.4) is 0 Å². The summed E-state index contributed by atoms with van der Waals surface area (Å²) in [6, 6.07) is 9.70. The lowest BCUT2D eigenvalue weighted by Crippen LogP contribution is -2.28. The maximum Gasteiger partial charge on any atom is 0.407 e. The lowest BCUT2D eigenvalue weighted by molar-refractivity contribution is -0.111. The maximum atomic E-state index is 12.3. The van der Waals surface area contributed by atoms with Gasteiger partial charge in [-0.05, 0) is 71.3 Å². The Labute approximate surface area is 199 Å². The van der Waals surface area contributed by atoms with Crippen molar-refractivity contribution in [3.8, 4) is 6.07 Å². The third-order valence-corrected chi connectivity index (χ3v) is 7.15. The number of rotatable bonds is 7. The van der Waals surface area contributed by atoms with Crippen LogP contribution in [0, 0.1) is 17.2 Å². The summed E-state index contributed by atoms with van der Waals surface area (Å²) in [5.74, 6) is -0.0916. The normalized spacial score (nSPS) is 14.9. The maximum absolute atomic E-state index is 12.3. The van der Waals surface area contributed by atoms with Crippen LogP contribution in [-0.4, -0.2) is 23.6 Å². The number of carbonyl (C=O) groups is 2. The van der Waals surface area contributed by atoms with Crippen LogP contribution in [0.1, 0.15) is 33.7 Å². The van der Waals surface area contributed by atoms with E-state index in [4.69, 9.17) is 4.74 Å². The fraction of sp³-hybridized carbons (Fsp3) is 0.250. The molecule has 9 heteroatoms. The van der Waals surface area contributed by atoms with E-state index < -0.39 is 6.09 Å². The average molecular weight is 479 g/mol. The number of hydrogen-bond acceptors (Lipinski definition) is 7. The van der Waals surface area contributed by atoms with Gasteiger partial charge in [-0.2, -0.15) is 16.6 Å². The van der Waals surface area contributed by atoms with Crippen molar-refractivity contribution in [2.75, 3.05) is 11.9 Å². The Morgan fingerprint density at radius 3 is 3.00 bits per heavy atom. The van der Waals surface area contributed by atoms with Gasteiger partial charge in [0.15, 0.2) is 0 Å². The molecule has 2 amide bonds. The molecule has 0 saturated heterocycles. The van der Waals surface area contributed by atoms with Gasteiger partial charge >= 0.3 is 6.09 Å². The quantitative estimate of drug-likeness (QED) is 0.477. The Morgan fingerprint density at radius 1 is 1.33 bits per heavy atom. The SMILES string of the molecule is N#Cc1c(NC(=O)/C=C/c2ccsc2)sc2c1CCC(COC(=O)NCc1ccccn1)C2. The molecule has 0 radical (unpaired) electrons. The number of fused-ring (bicyclic) bond motifs is 1. The van der Waals surface area contributed by atoms with E-state index in [2.05, 4.69) is 21.7 Å². The molecule has 3 aromatic rings. The van der Waals surface area contributed by atoms with Gasteiger partial charge < -0.3 is 15.4 Å². The molecule has 0 aliphatic heterocycles. The first kappa shape index (κ1) is 22.7. The Bertz CT molecular complexity index is 1180. The summed E-state index contributed by atoms with van der Waals surface area (Å²) >= 11 is 3.00. The first-order chi connectivity index (χ1) is 16.1. The fourth-order valence-electron chi connectivity index (χ4n) is 3.61. The number of nitrogens with one attached hydrogen (secondary N) is 2. The Balaban J connectivity index is 1.31. The number of alkyl carbamates (subject to hydrolysis) is 1. The third kappa shape index (κ3) is 6.06. The van der Waals surface area contributed by atoms with Gasteiger partial charge in [0.2, 0.25) is 5.91 Å². The standard InChI is InChI=1S/C24H22N4O3S2/c25-12-20-19-6-4-17(14-31-24(30)27-13-18-3-1-2-9-26-18)11-21(19)33-23(20)28-22(29)7-5-16-8-10-32-15-16/h1-3,5,7-10,15,17H,4,6,11,13-14H2,(H,27,30)(H,28,29)/b7-5+. The molecule has 0 spiro atoms. The van der Waals surface area contributed by atoms with E-state index in [0.29, 0.717) is 30.1 Å². The van der Waals surface area contributed by atoms with Crippen molar-refractivity contribution in [3.63, 3.8) is 0 Å². The molecule has 2 N–H and O–H groups in total. The zero-order valence-corrected chi connectivity index (χ0v) is 19.4. The Morgan fingerprint density at radius 2 is 2.24 bits per heavy atom. The van der Waals surface area contributed by atoms with E-state index in [-0.39, 0.29) is 11.8 Å². The molecule has 0 saturated carbocycles. The zero-order valence-electron chi connectivity index (χ0n) is 17.7. The van der Waals surface area contributed by atoms with Crippen molar-refractivity contribution >= 4 is 45.8 Å². The molecule has 1 unspecified atom stereocenters. The molecule has 7 nitrogen and oxygen atoms in total. The molecule has 3 aromatic heterocycles. The lowest BCUT2D eigenvalue weighted by Gasteiger charge is -2.21. The highest BCUT2D eigenvalue weighted by molar-refractivity contribution is 7.16. The smallest absolute Gasteiger partial charge is 0.407 e. The van der Waals surface area contributed by atoms with Crippen LogP contribution in [0.2, 0.25) is 0 Å². The zero-order chi connectivity index (χ0) is 23.0. The van der Waals surface area contributed by atoms with Crippen LogP contribution in [0.4, 0.5) is 9.80 Å². The molecule has 1 aliphatic carbocycles. The first-order valence-corrected chi connectivity index (χ1v) is 12.2. The van der Waals surface area contributed by atoms with E-state index in [9.17, 15) is 14.9 Å². The minimum atomic E-state index is -0.472. The van der Waals surface area contributed by atoms with Gasteiger partial charge in [0.1, 0.15) is 11.1 Å². The highest BCUT2D eigenvalue weighted by Gasteiger charge is 2.27. The number of anilines is 1. The summed E-state index contributed by atoms with van der Waals surface area (Å²) in [5, 5.41) is 19.7. The number of nitriles is 1. The highest BCUT2D eigenvalue weighted by Crippen LogP contribution is 2.39. The van der Waals surface area contributed by atoms with Gasteiger partial charge in [-0.25, -0.2) is 4.79 Å². The summed E-state index contributed by atoms with van der Waals surface area (Å²) in [6.45, 7) is 0.618. The first-order valence-electron chi connectivity index (χ1n) is 10.5. The molecule has 0 bridgehead atoms. The largest absolute Gasteiger partial charge is 0.449 e. The van der Waals surface area contributed by atoms with Crippen LogP contribution in [-0.2, 0) is 28.9 Å². The topological polar surface area (TPSA) is 104 Å². The third-order valence-electron chi connectivity index (χ3n) is 5.28. The van der Waals surface area contributed by atoms with Crippen LogP contribution < -0.4 is 10.6 Å². The number of pyridine rings is 1. The number of nitrogens with zero attached hydrogens (tertiary/aromatic N) is 2. The molecule has 0 aromatic carbocycles. The number of thiophene rings is 2. The van der Waals surface area contributed by atoms with Crippen molar-refractivity contribution in [1.29, 1.82) is 5.26 Å². The number of aromatic nitrogens is 1. The fourth-order valence-corrected chi connectivity index (χ4v) is 5.55. The summed E-state index contributed by atoms with van der Waals surface area (Å²) in [4.78, 5) is 29.6. The second kappa shape index (κ2) is 10.9. The van der Waals surface area contributed by atoms with E-state index in [1.807, 2.05) is 35.0 Å². The molecule has 4 rings (SSSR count). The minimum absolute atomic E-state index is 0.172. The van der Waals surface area contributed by atoms with Crippen molar-refractivity contribution in [2.45, 2.75) is 25.8 Å². The Kier molecular flexibility index (Phi) is 7.50. The molecule has 1 atom stereocenters. The van der Waals surface area contributed by atoms with Crippen molar-refractivity contribution in [2.24, 2.45) is 5.92 Å². The number of amides is 2. The second-order valence-electron chi connectivity index (χ2n) is 7.58. The molecule has 168 valence electrons. The van der Waals surface area contributed by atoms with Gasteiger partial charge in [-0.1, -0.05) is 6.07 Å². The van der Waals surface area contributed by atoms with Gasteiger partial charge in [-0.3, -0.25) is 9.78 Å². The Hall–Kier alpha value is -3.48. The molecular weight excluding hydrogens is 456 g/mol. The molecule has 0 fully saturated rings. The monoisotopic (exact) mass is 478 g/mol. The molecular formula is C24H22N4O3S2. The average Bonchev–Trinajstić information content (AvgIpc) is 3.47. The second-order valence-corrected chi connectivity index (χ2v) is 9.47. The van der Waals surface area contributed by atoms with Crippen molar-refractivity contribution < 1.29 is 14.3 Å². The summed E-state index contributed by atoms with van der Waals surface area (Å²) in [5.41, 5.74) is 3.27. The minimum Gasteiger partial charge on any atom is -0.449 e. The van der Waals surface area contributed by atoms with Crippen molar-refractivity contribution in [1.82, 2.24) is 10.3 Å². The van der Waals surface area contributed by atoms with E-state index in [0.717, 1.165) is 34.5 Å². The van der Waals surface area contributed by atoms with Crippen LogP contribution in [0.5, 0.6) is 0 Å². The van der Waals surface area contributed by atoms with Gasteiger partial charge in [-0.15, -0.1) is 11.3 Å². The van der Waals surface area contributed by atoms with Crippen LogP contribution in [0.15, 0.2) is 47.3 Å². The molecule has 1 aliphatic rings. The van der Waals surface area contributed by atoms with E-state index in [1.54, 1.807) is 23.6 Å². The van der Waals surface area contributed by atoms with Gasteiger partial charge in [0.05, 0.1) is 24.4 Å². The van der Waals surface area contributed by atoms with Crippen LogP contribution >= 0.6 is 22.7 Å². The van der Waals surface area contributed by atoms with Crippen molar-refractivity contribution in [3.05, 3.63) is 74.6 Å². The number of hydrogen-bond donors (Lipinski definition) is 2. The van der Waals surface area contributed by atoms with Gasteiger partial charge in [0.25, 0.3) is 0 Å². The lowest BCUT2D eigenvalue weighted by atomic mass is 9.88. The summed E-state index contributed by atoms with van der Waals surface area (Å²) in [7, 11) is 0. The number of ether oxygens (including phenoxy) is 1. The van der Waals surface area contributed by atoms with Crippen LogP contribution in [0.25, 0.3) is 6.08 Å². The van der Waals surface area contributed by atoms with E-state index >= 15 is 0 Å². The highest BCUT2D eigenvalue weighted by atomic mass is 32.1. The molecule has 33 heavy (non-hydrogen) atoms. The predicted octanol–water partition coefficient (Wildman–Crippen LogP) is 4.76. The molecule has 3 heterocycles. The predicted molar refractivity (Wildman–Crippen MR) is 129 cm³/mol. The van der Waals surface area contributed by atoms with Gasteiger partial charge in [0, 0.05) is 17.2 Å². The number of carbonyl (C=O) groups excluding carboxylic acids is 2. The summed E-state index contributed by atoms with van der Waals surface area (Å²) in [6.07, 6.45) is 6.68.